The average molecular weight is 335 g/mol. The summed E-state index contributed by atoms with van der Waals surface area (Å²) in [5.74, 6) is 0.866. The lowest BCUT2D eigenvalue weighted by Gasteiger charge is -2.11. The van der Waals surface area contributed by atoms with Crippen molar-refractivity contribution in [3.63, 3.8) is 0 Å². The number of thiophene rings is 1. The number of aromatic nitrogens is 3. The molecule has 4 rings (SSSR count). The van der Waals surface area contributed by atoms with Gasteiger partial charge in [0.2, 0.25) is 0 Å². The lowest BCUT2D eigenvalue weighted by molar-refractivity contribution is 0.242. The summed E-state index contributed by atoms with van der Waals surface area (Å²) >= 11 is 1.68. The van der Waals surface area contributed by atoms with E-state index in [4.69, 9.17) is 4.74 Å². The molecule has 0 amide bonds. The van der Waals surface area contributed by atoms with E-state index in [-0.39, 0.29) is 6.10 Å². The van der Waals surface area contributed by atoms with E-state index in [0.717, 1.165) is 33.2 Å². The quantitative estimate of drug-likeness (QED) is 0.532. The maximum absolute atomic E-state index is 5.81. The van der Waals surface area contributed by atoms with Crippen molar-refractivity contribution in [2.75, 3.05) is 0 Å². The van der Waals surface area contributed by atoms with E-state index in [1.165, 1.54) is 0 Å². The van der Waals surface area contributed by atoms with E-state index in [2.05, 4.69) is 37.9 Å². The number of nitrogens with zero attached hydrogens (tertiary/aromatic N) is 3. The molecule has 5 heteroatoms. The summed E-state index contributed by atoms with van der Waals surface area (Å²) in [6.07, 6.45) is 5.88. The lowest BCUT2D eigenvalue weighted by Crippen LogP contribution is -2.05. The molecule has 120 valence electrons. The van der Waals surface area contributed by atoms with Gasteiger partial charge in [-0.25, -0.2) is 9.97 Å². The number of hydrogen-bond donors (Lipinski definition) is 0. The summed E-state index contributed by atoms with van der Waals surface area (Å²) in [6, 6.07) is 12.2. The van der Waals surface area contributed by atoms with Crippen LogP contribution in [0.15, 0.2) is 60.4 Å². The highest BCUT2D eigenvalue weighted by Gasteiger charge is 2.10. The zero-order chi connectivity index (χ0) is 16.5. The van der Waals surface area contributed by atoms with Gasteiger partial charge in [0, 0.05) is 11.8 Å². The molecule has 0 saturated carbocycles. The van der Waals surface area contributed by atoms with Gasteiger partial charge in [-0.05, 0) is 37.4 Å². The molecule has 0 saturated heterocycles. The lowest BCUT2D eigenvalue weighted by atomic mass is 10.1. The number of fused-ring (bicyclic) bond motifs is 1. The second kappa shape index (κ2) is 6.09. The molecule has 0 bridgehead atoms. The van der Waals surface area contributed by atoms with E-state index in [1.54, 1.807) is 11.3 Å². The number of hydrogen-bond acceptors (Lipinski definition) is 4. The molecule has 24 heavy (non-hydrogen) atoms. The minimum Gasteiger partial charge on any atom is -0.491 e. The number of ether oxygens (including phenoxy) is 1. The van der Waals surface area contributed by atoms with Gasteiger partial charge in [-0.3, -0.25) is 4.40 Å². The fourth-order valence-corrected chi connectivity index (χ4v) is 3.34. The molecule has 1 aromatic carbocycles. The maximum Gasteiger partial charge on any atom is 0.155 e. The van der Waals surface area contributed by atoms with Crippen LogP contribution in [0, 0.1) is 0 Å². The van der Waals surface area contributed by atoms with Crippen molar-refractivity contribution in [2.45, 2.75) is 20.0 Å². The molecule has 0 fully saturated rings. The van der Waals surface area contributed by atoms with E-state index < -0.39 is 0 Å². The van der Waals surface area contributed by atoms with Crippen LogP contribution >= 0.6 is 11.3 Å². The zero-order valence-corrected chi connectivity index (χ0v) is 14.3. The smallest absolute Gasteiger partial charge is 0.155 e. The monoisotopic (exact) mass is 335 g/mol. The van der Waals surface area contributed by atoms with Crippen LogP contribution in [0.4, 0.5) is 0 Å². The van der Waals surface area contributed by atoms with Crippen LogP contribution in [-0.4, -0.2) is 20.5 Å². The molecule has 0 radical (unpaired) electrons. The van der Waals surface area contributed by atoms with Gasteiger partial charge in [0.15, 0.2) is 5.65 Å². The first-order valence-electron chi connectivity index (χ1n) is 7.85. The van der Waals surface area contributed by atoms with Crippen molar-refractivity contribution in [1.82, 2.24) is 14.4 Å². The van der Waals surface area contributed by atoms with Gasteiger partial charge in [-0.2, -0.15) is 0 Å². The van der Waals surface area contributed by atoms with Gasteiger partial charge in [0.25, 0.3) is 0 Å². The maximum atomic E-state index is 5.81. The third kappa shape index (κ3) is 2.78. The van der Waals surface area contributed by atoms with Crippen LogP contribution in [0.3, 0.4) is 0 Å². The molecule has 0 aliphatic heterocycles. The third-order valence-electron chi connectivity index (χ3n) is 3.67. The Bertz CT molecular complexity index is 973. The van der Waals surface area contributed by atoms with Crippen LogP contribution in [0.5, 0.6) is 5.75 Å². The fourth-order valence-electron chi connectivity index (χ4n) is 2.66. The Morgan fingerprint density at radius 2 is 2.00 bits per heavy atom. The summed E-state index contributed by atoms with van der Waals surface area (Å²) < 4.78 is 7.89. The van der Waals surface area contributed by atoms with Gasteiger partial charge in [0.1, 0.15) is 5.75 Å². The molecule has 0 N–H and O–H groups in total. The van der Waals surface area contributed by atoms with Gasteiger partial charge < -0.3 is 4.74 Å². The van der Waals surface area contributed by atoms with Gasteiger partial charge in [-0.15, -0.1) is 11.3 Å². The highest BCUT2D eigenvalue weighted by molar-refractivity contribution is 7.13. The number of rotatable bonds is 4. The van der Waals surface area contributed by atoms with Crippen LogP contribution in [-0.2, 0) is 0 Å². The van der Waals surface area contributed by atoms with E-state index in [0.29, 0.717) is 0 Å². The number of benzene rings is 1. The van der Waals surface area contributed by atoms with Crippen molar-refractivity contribution in [3.8, 4) is 27.6 Å². The Kier molecular flexibility index (Phi) is 3.78. The van der Waals surface area contributed by atoms with Crippen molar-refractivity contribution in [3.05, 3.63) is 60.4 Å². The third-order valence-corrected chi connectivity index (χ3v) is 4.56. The fraction of sp³-hybridized carbons (Fsp3) is 0.158. The summed E-state index contributed by atoms with van der Waals surface area (Å²) in [4.78, 5) is 10.1. The van der Waals surface area contributed by atoms with Crippen LogP contribution in [0.1, 0.15) is 13.8 Å². The molecule has 0 atom stereocenters. The second-order valence-corrected chi connectivity index (χ2v) is 6.76. The minimum atomic E-state index is 0.150. The highest BCUT2D eigenvalue weighted by Crippen LogP contribution is 2.28. The summed E-state index contributed by atoms with van der Waals surface area (Å²) in [5, 5.41) is 2.06. The molecular weight excluding hydrogens is 318 g/mol. The predicted octanol–water partition coefficient (Wildman–Crippen LogP) is 4.91. The molecule has 0 unspecified atom stereocenters. The Balaban J connectivity index is 1.81. The molecule has 3 heterocycles. The van der Waals surface area contributed by atoms with Gasteiger partial charge in [0.05, 0.1) is 34.8 Å². The topological polar surface area (TPSA) is 39.4 Å². The van der Waals surface area contributed by atoms with Gasteiger partial charge in [-0.1, -0.05) is 18.2 Å². The first-order valence-corrected chi connectivity index (χ1v) is 8.73. The molecule has 0 aliphatic rings. The van der Waals surface area contributed by atoms with Crippen LogP contribution in [0.25, 0.3) is 27.5 Å². The second-order valence-electron chi connectivity index (χ2n) is 5.82. The molecule has 4 aromatic rings. The van der Waals surface area contributed by atoms with Crippen LogP contribution < -0.4 is 4.74 Å². The molecule has 3 aromatic heterocycles. The number of imidazole rings is 1. The first kappa shape index (κ1) is 14.9. The van der Waals surface area contributed by atoms with Crippen molar-refractivity contribution in [1.29, 1.82) is 0 Å². The SMILES string of the molecule is CC(C)Oc1cccc(-c2cnc3cnc(-c4cccs4)cn23)c1. The van der Waals surface area contributed by atoms with Crippen molar-refractivity contribution < 1.29 is 4.74 Å². The summed E-state index contributed by atoms with van der Waals surface area (Å²) in [6.45, 7) is 4.06. The first-order chi connectivity index (χ1) is 11.7. The van der Waals surface area contributed by atoms with E-state index >= 15 is 0 Å². The van der Waals surface area contributed by atoms with Crippen molar-refractivity contribution in [2.24, 2.45) is 0 Å². The molecule has 4 nitrogen and oxygen atoms in total. The minimum absolute atomic E-state index is 0.150. The Morgan fingerprint density at radius 3 is 2.79 bits per heavy atom. The zero-order valence-electron chi connectivity index (χ0n) is 13.5. The van der Waals surface area contributed by atoms with Crippen molar-refractivity contribution >= 4 is 17.0 Å². The largest absolute Gasteiger partial charge is 0.491 e. The molecule has 0 spiro atoms. The average Bonchev–Trinajstić information content (AvgIpc) is 3.23. The van der Waals surface area contributed by atoms with E-state index in [1.807, 2.05) is 50.6 Å². The van der Waals surface area contributed by atoms with E-state index in [9.17, 15) is 0 Å². The Morgan fingerprint density at radius 1 is 1.08 bits per heavy atom. The summed E-state index contributed by atoms with van der Waals surface area (Å²) in [5.41, 5.74) is 3.88. The normalized spacial score (nSPS) is 11.3. The van der Waals surface area contributed by atoms with Gasteiger partial charge >= 0.3 is 0 Å². The molecular formula is C19H17N3OS. The standard InChI is InChI=1S/C19H17N3OS/c1-13(2)23-15-6-3-5-14(9-15)17-10-21-19-11-20-16(12-22(17)19)18-7-4-8-24-18/h3-13H,1-2H3. The Hall–Kier alpha value is -2.66. The summed E-state index contributed by atoms with van der Waals surface area (Å²) in [7, 11) is 0. The predicted molar refractivity (Wildman–Crippen MR) is 97.5 cm³/mol. The van der Waals surface area contributed by atoms with Crippen LogP contribution in [0.2, 0.25) is 0 Å². The molecule has 0 aliphatic carbocycles. The Labute approximate surface area is 144 Å². The highest BCUT2D eigenvalue weighted by atomic mass is 32.1.